The number of aromatic amines is 1. The Morgan fingerprint density at radius 3 is 2.53 bits per heavy atom. The minimum absolute atomic E-state index is 0.406. The summed E-state index contributed by atoms with van der Waals surface area (Å²) in [5.41, 5.74) is 5.27. The van der Waals surface area contributed by atoms with Gasteiger partial charge in [-0.3, -0.25) is 9.78 Å². The number of rotatable bonds is 4. The fraction of sp³-hybridized carbons (Fsp3) is 0.130. The number of fused-ring (bicyclic) bond motifs is 1. The molecule has 0 saturated carbocycles. The van der Waals surface area contributed by atoms with Crippen molar-refractivity contribution in [3.63, 3.8) is 0 Å². The number of benzene rings is 1. The van der Waals surface area contributed by atoms with Gasteiger partial charge < -0.3 is 15.0 Å². The van der Waals surface area contributed by atoms with E-state index < -0.39 is 12.0 Å². The lowest BCUT2D eigenvalue weighted by Crippen LogP contribution is -2.28. The highest BCUT2D eigenvalue weighted by Gasteiger charge is 2.20. The van der Waals surface area contributed by atoms with Gasteiger partial charge in [0, 0.05) is 66.5 Å². The van der Waals surface area contributed by atoms with Crippen molar-refractivity contribution in [1.29, 1.82) is 5.26 Å². The second-order valence-electron chi connectivity index (χ2n) is 7.15. The molecular weight excluding hydrogens is 378 g/mol. The summed E-state index contributed by atoms with van der Waals surface area (Å²) in [5.74, 6) is -0.406. The molecule has 30 heavy (non-hydrogen) atoms. The lowest BCUT2D eigenvalue weighted by molar-refractivity contribution is -0.137. The average Bonchev–Trinajstić information content (AvgIpc) is 3.21. The molecule has 4 aromatic rings. The number of nitrogens with zero attached hydrogens (tertiary/aromatic N) is 4. The summed E-state index contributed by atoms with van der Waals surface area (Å²) in [7, 11) is 3.19. The molecule has 148 valence electrons. The first kappa shape index (κ1) is 19.3. The summed E-state index contributed by atoms with van der Waals surface area (Å²) >= 11 is 0. The number of likely N-dealkylation sites (N-methyl/N-ethyl adjacent to an activating group) is 1. The number of nitriles is 1. The number of carbonyl (C=O) groups is 1. The second-order valence-corrected chi connectivity index (χ2v) is 7.15. The summed E-state index contributed by atoms with van der Waals surface area (Å²) in [5, 5.41) is 20.3. The second kappa shape index (κ2) is 7.78. The standard InChI is InChI=1S/C23H19N5O2/c1-28(2)23(30)21(29)18-7-16(10-25-11-18)17-8-19-20(13-27-22(19)26-12-17)15-5-3-14(9-24)4-6-15/h3-8,10-13,21,29H,1-2H3,(H,26,27). The molecule has 1 unspecified atom stereocenters. The Balaban J connectivity index is 1.74. The molecular formula is C23H19N5O2. The SMILES string of the molecule is CN(C)C(=O)C(O)c1cncc(-c2cnc3[nH]cc(-c4ccc(C#N)cc4)c3c2)c1. The van der Waals surface area contributed by atoms with Crippen LogP contribution in [0.25, 0.3) is 33.3 Å². The van der Waals surface area contributed by atoms with Crippen LogP contribution in [-0.2, 0) is 4.79 Å². The average molecular weight is 397 g/mol. The number of H-pyrrole nitrogens is 1. The Labute approximate surface area is 173 Å². The minimum atomic E-state index is -1.27. The van der Waals surface area contributed by atoms with Crippen LogP contribution in [0.5, 0.6) is 0 Å². The van der Waals surface area contributed by atoms with E-state index in [0.29, 0.717) is 11.1 Å². The maximum absolute atomic E-state index is 12.1. The summed E-state index contributed by atoms with van der Waals surface area (Å²) in [6, 6.07) is 13.2. The van der Waals surface area contributed by atoms with Crippen LogP contribution in [0.2, 0.25) is 0 Å². The molecule has 0 saturated heterocycles. The first-order chi connectivity index (χ1) is 14.5. The van der Waals surface area contributed by atoms with Crippen molar-refractivity contribution in [3.8, 4) is 28.3 Å². The van der Waals surface area contributed by atoms with Gasteiger partial charge in [0.1, 0.15) is 5.65 Å². The van der Waals surface area contributed by atoms with Crippen molar-refractivity contribution in [2.75, 3.05) is 14.1 Å². The van der Waals surface area contributed by atoms with E-state index >= 15 is 0 Å². The van der Waals surface area contributed by atoms with Crippen LogP contribution < -0.4 is 0 Å². The third-order valence-electron chi connectivity index (χ3n) is 4.94. The molecule has 0 spiro atoms. The molecule has 7 nitrogen and oxygen atoms in total. The Bertz CT molecular complexity index is 1270. The largest absolute Gasteiger partial charge is 0.378 e. The van der Waals surface area contributed by atoms with Crippen molar-refractivity contribution in [3.05, 3.63) is 72.3 Å². The quantitative estimate of drug-likeness (QED) is 0.550. The predicted molar refractivity (Wildman–Crippen MR) is 113 cm³/mol. The molecule has 1 atom stereocenters. The van der Waals surface area contributed by atoms with Gasteiger partial charge in [-0.15, -0.1) is 0 Å². The molecule has 7 heteroatoms. The molecule has 0 aliphatic rings. The summed E-state index contributed by atoms with van der Waals surface area (Å²) in [6.07, 6.45) is 5.50. The van der Waals surface area contributed by atoms with E-state index in [4.69, 9.17) is 5.26 Å². The molecule has 3 aromatic heterocycles. The van der Waals surface area contributed by atoms with Crippen LogP contribution in [-0.4, -0.2) is 45.0 Å². The van der Waals surface area contributed by atoms with Crippen molar-refractivity contribution < 1.29 is 9.90 Å². The monoisotopic (exact) mass is 397 g/mol. The van der Waals surface area contributed by atoms with Gasteiger partial charge in [0.25, 0.3) is 5.91 Å². The molecule has 4 rings (SSSR count). The van der Waals surface area contributed by atoms with E-state index in [9.17, 15) is 9.90 Å². The Morgan fingerprint density at radius 1 is 1.10 bits per heavy atom. The minimum Gasteiger partial charge on any atom is -0.378 e. The highest BCUT2D eigenvalue weighted by molar-refractivity contribution is 5.95. The van der Waals surface area contributed by atoms with E-state index in [1.807, 2.05) is 24.4 Å². The first-order valence-corrected chi connectivity index (χ1v) is 9.30. The van der Waals surface area contributed by atoms with Crippen molar-refractivity contribution in [2.24, 2.45) is 0 Å². The summed E-state index contributed by atoms with van der Waals surface area (Å²) in [4.78, 5) is 25.3. The van der Waals surface area contributed by atoms with Crippen molar-refractivity contribution >= 4 is 16.9 Å². The maximum atomic E-state index is 12.1. The number of amides is 1. The van der Waals surface area contributed by atoms with Crippen LogP contribution in [0.3, 0.4) is 0 Å². The van der Waals surface area contributed by atoms with E-state index in [1.54, 1.807) is 44.7 Å². The zero-order chi connectivity index (χ0) is 21.3. The number of hydrogen-bond acceptors (Lipinski definition) is 5. The van der Waals surface area contributed by atoms with Crippen LogP contribution in [0.15, 0.2) is 61.2 Å². The lowest BCUT2D eigenvalue weighted by Gasteiger charge is -2.16. The molecule has 1 aromatic carbocycles. The highest BCUT2D eigenvalue weighted by atomic mass is 16.3. The normalized spacial score (nSPS) is 11.8. The van der Waals surface area contributed by atoms with Gasteiger partial charge in [0.15, 0.2) is 6.10 Å². The number of aliphatic hydroxyl groups excluding tert-OH is 1. The van der Waals surface area contributed by atoms with Crippen LogP contribution >= 0.6 is 0 Å². The summed E-state index contributed by atoms with van der Waals surface area (Å²) < 4.78 is 0. The van der Waals surface area contributed by atoms with Crippen LogP contribution in [0, 0.1) is 11.3 Å². The fourth-order valence-corrected chi connectivity index (χ4v) is 3.28. The molecule has 0 fully saturated rings. The Kier molecular flexibility index (Phi) is 5.00. The molecule has 0 radical (unpaired) electrons. The Hall–Kier alpha value is -4.02. The van der Waals surface area contributed by atoms with Crippen LogP contribution in [0.1, 0.15) is 17.2 Å². The molecule has 0 aliphatic heterocycles. The molecule has 0 bridgehead atoms. The van der Waals surface area contributed by atoms with E-state index in [2.05, 4.69) is 21.0 Å². The molecule has 2 N–H and O–H groups in total. The summed E-state index contributed by atoms with van der Waals surface area (Å²) in [6.45, 7) is 0. The number of carbonyl (C=O) groups excluding carboxylic acids is 1. The number of hydrogen-bond donors (Lipinski definition) is 2. The third kappa shape index (κ3) is 3.52. The van der Waals surface area contributed by atoms with Gasteiger partial charge in [-0.25, -0.2) is 4.98 Å². The van der Waals surface area contributed by atoms with E-state index in [0.717, 1.165) is 33.3 Å². The smallest absolute Gasteiger partial charge is 0.255 e. The van der Waals surface area contributed by atoms with Gasteiger partial charge >= 0.3 is 0 Å². The topological polar surface area (TPSA) is 106 Å². The number of nitrogens with one attached hydrogen (secondary N) is 1. The number of aromatic nitrogens is 3. The molecule has 1 amide bonds. The van der Waals surface area contributed by atoms with Crippen LogP contribution in [0.4, 0.5) is 0 Å². The van der Waals surface area contributed by atoms with Crippen molar-refractivity contribution in [1.82, 2.24) is 19.9 Å². The zero-order valence-electron chi connectivity index (χ0n) is 16.5. The number of pyridine rings is 2. The Morgan fingerprint density at radius 2 is 1.83 bits per heavy atom. The molecule has 0 aliphatic carbocycles. The zero-order valence-corrected chi connectivity index (χ0v) is 16.5. The van der Waals surface area contributed by atoms with E-state index in [-0.39, 0.29) is 0 Å². The fourth-order valence-electron chi connectivity index (χ4n) is 3.28. The van der Waals surface area contributed by atoms with Gasteiger partial charge in [-0.1, -0.05) is 12.1 Å². The lowest BCUT2D eigenvalue weighted by atomic mass is 10.0. The maximum Gasteiger partial charge on any atom is 0.255 e. The van der Waals surface area contributed by atoms with Gasteiger partial charge in [-0.05, 0) is 29.8 Å². The van der Waals surface area contributed by atoms with Gasteiger partial charge in [0.05, 0.1) is 11.6 Å². The molecule has 3 heterocycles. The van der Waals surface area contributed by atoms with Crippen molar-refractivity contribution in [2.45, 2.75) is 6.10 Å². The van der Waals surface area contributed by atoms with Gasteiger partial charge in [0.2, 0.25) is 0 Å². The predicted octanol–water partition coefficient (Wildman–Crippen LogP) is 3.29. The first-order valence-electron chi connectivity index (χ1n) is 9.30. The number of aliphatic hydroxyl groups is 1. The highest BCUT2D eigenvalue weighted by Crippen LogP contribution is 2.31. The van der Waals surface area contributed by atoms with E-state index in [1.165, 1.54) is 11.1 Å². The van der Waals surface area contributed by atoms with Gasteiger partial charge in [-0.2, -0.15) is 5.26 Å². The third-order valence-corrected chi connectivity index (χ3v) is 4.94.